The lowest BCUT2D eigenvalue weighted by molar-refractivity contribution is 0.368. The fourth-order valence-electron chi connectivity index (χ4n) is 1.99. The van der Waals surface area contributed by atoms with E-state index < -0.39 is 0 Å². The number of hydrogen-bond donors (Lipinski definition) is 2. The number of anilines is 1. The minimum absolute atomic E-state index is 0.0940. The van der Waals surface area contributed by atoms with Crippen LogP contribution in [-0.2, 0) is 0 Å². The summed E-state index contributed by atoms with van der Waals surface area (Å²) in [5, 5.41) is 15.3. The Balaban J connectivity index is 1.93. The summed E-state index contributed by atoms with van der Waals surface area (Å²) in [5.41, 5.74) is 1.06. The molecule has 1 saturated heterocycles. The molecule has 2 rings (SSSR count). The predicted octanol–water partition coefficient (Wildman–Crippen LogP) is 1.75. The van der Waals surface area contributed by atoms with Crippen molar-refractivity contribution in [1.29, 1.82) is 5.26 Å². The molecule has 0 bridgehead atoms. The van der Waals surface area contributed by atoms with E-state index >= 15 is 0 Å². The SMILES string of the molecule is N#CCOc1cccc(NC2CCNCC2)c1. The van der Waals surface area contributed by atoms with Crippen molar-refractivity contribution in [2.45, 2.75) is 18.9 Å². The third-order valence-electron chi connectivity index (χ3n) is 2.85. The first kappa shape index (κ1) is 11.7. The summed E-state index contributed by atoms with van der Waals surface area (Å²) in [6.45, 7) is 2.24. The normalized spacial score (nSPS) is 16.2. The summed E-state index contributed by atoms with van der Waals surface area (Å²) in [6, 6.07) is 10.3. The van der Waals surface area contributed by atoms with Gasteiger partial charge in [0, 0.05) is 17.8 Å². The Bertz CT molecular complexity index is 394. The molecule has 1 fully saturated rings. The molecule has 1 aromatic rings. The van der Waals surface area contributed by atoms with Crippen molar-refractivity contribution < 1.29 is 4.74 Å². The van der Waals surface area contributed by atoms with E-state index in [9.17, 15) is 0 Å². The van der Waals surface area contributed by atoms with Crippen molar-refractivity contribution in [3.05, 3.63) is 24.3 Å². The van der Waals surface area contributed by atoms with Crippen LogP contribution in [0.3, 0.4) is 0 Å². The van der Waals surface area contributed by atoms with Crippen molar-refractivity contribution in [2.75, 3.05) is 25.0 Å². The second-order valence-corrected chi connectivity index (χ2v) is 4.14. The van der Waals surface area contributed by atoms with Gasteiger partial charge in [0.2, 0.25) is 0 Å². The van der Waals surface area contributed by atoms with Crippen LogP contribution >= 0.6 is 0 Å². The van der Waals surface area contributed by atoms with Gasteiger partial charge in [0.05, 0.1) is 0 Å². The first-order valence-corrected chi connectivity index (χ1v) is 5.95. The fourth-order valence-corrected chi connectivity index (χ4v) is 1.99. The number of nitrogens with zero attached hydrogens (tertiary/aromatic N) is 1. The number of rotatable bonds is 4. The molecule has 0 aliphatic carbocycles. The zero-order valence-electron chi connectivity index (χ0n) is 9.78. The first-order chi connectivity index (χ1) is 8.38. The fraction of sp³-hybridized carbons (Fsp3) is 0.462. The molecule has 17 heavy (non-hydrogen) atoms. The average Bonchev–Trinajstić information content (AvgIpc) is 2.38. The van der Waals surface area contributed by atoms with Crippen molar-refractivity contribution in [3.8, 4) is 11.8 Å². The second kappa shape index (κ2) is 6.12. The summed E-state index contributed by atoms with van der Waals surface area (Å²) in [6.07, 6.45) is 2.28. The molecule has 1 heterocycles. The minimum Gasteiger partial charge on any atom is -0.479 e. The highest BCUT2D eigenvalue weighted by molar-refractivity contribution is 5.49. The van der Waals surface area contributed by atoms with Crippen LogP contribution in [0.25, 0.3) is 0 Å². The Morgan fingerprint density at radius 3 is 3.00 bits per heavy atom. The van der Waals surface area contributed by atoms with Gasteiger partial charge in [-0.25, -0.2) is 0 Å². The molecule has 90 valence electrons. The standard InChI is InChI=1S/C13H17N3O/c14-6-9-17-13-3-1-2-12(10-13)16-11-4-7-15-8-5-11/h1-3,10-11,15-16H,4-5,7-9H2. The Morgan fingerprint density at radius 2 is 2.24 bits per heavy atom. The predicted molar refractivity (Wildman–Crippen MR) is 67.1 cm³/mol. The lowest BCUT2D eigenvalue weighted by atomic mass is 10.1. The van der Waals surface area contributed by atoms with E-state index in [1.807, 2.05) is 30.3 Å². The molecule has 0 spiro atoms. The van der Waals surface area contributed by atoms with Gasteiger partial charge in [0.1, 0.15) is 11.8 Å². The summed E-state index contributed by atoms with van der Waals surface area (Å²) < 4.78 is 5.27. The van der Waals surface area contributed by atoms with E-state index in [2.05, 4.69) is 10.6 Å². The molecule has 1 aliphatic heterocycles. The van der Waals surface area contributed by atoms with Crippen LogP contribution in [0.4, 0.5) is 5.69 Å². The zero-order valence-corrected chi connectivity index (χ0v) is 9.78. The molecular formula is C13H17N3O. The van der Waals surface area contributed by atoms with Crippen LogP contribution in [-0.4, -0.2) is 25.7 Å². The van der Waals surface area contributed by atoms with Crippen LogP contribution in [0.5, 0.6) is 5.75 Å². The molecule has 1 aliphatic rings. The molecule has 4 heteroatoms. The van der Waals surface area contributed by atoms with Crippen LogP contribution in [0.1, 0.15) is 12.8 Å². The van der Waals surface area contributed by atoms with Crippen molar-refractivity contribution in [3.63, 3.8) is 0 Å². The topological polar surface area (TPSA) is 57.1 Å². The molecule has 0 aromatic heterocycles. The Kier molecular flexibility index (Phi) is 4.23. The van der Waals surface area contributed by atoms with E-state index in [1.54, 1.807) is 0 Å². The van der Waals surface area contributed by atoms with Gasteiger partial charge in [-0.15, -0.1) is 0 Å². The van der Waals surface area contributed by atoms with Gasteiger partial charge in [-0.1, -0.05) is 6.07 Å². The number of nitrogens with one attached hydrogen (secondary N) is 2. The van der Waals surface area contributed by atoms with E-state index in [1.165, 1.54) is 0 Å². The van der Waals surface area contributed by atoms with E-state index in [0.717, 1.165) is 37.4 Å². The monoisotopic (exact) mass is 231 g/mol. The van der Waals surface area contributed by atoms with Gasteiger partial charge in [0.25, 0.3) is 0 Å². The van der Waals surface area contributed by atoms with Crippen molar-refractivity contribution in [1.82, 2.24) is 5.32 Å². The molecule has 2 N–H and O–H groups in total. The molecule has 0 saturated carbocycles. The highest BCUT2D eigenvalue weighted by Crippen LogP contribution is 2.19. The van der Waals surface area contributed by atoms with Gasteiger partial charge < -0.3 is 15.4 Å². The molecule has 0 amide bonds. The second-order valence-electron chi connectivity index (χ2n) is 4.14. The summed E-state index contributed by atoms with van der Waals surface area (Å²) >= 11 is 0. The Labute approximate surface area is 102 Å². The highest BCUT2D eigenvalue weighted by Gasteiger charge is 2.12. The summed E-state index contributed by atoms with van der Waals surface area (Å²) in [5.74, 6) is 0.741. The van der Waals surface area contributed by atoms with Gasteiger partial charge in [0.15, 0.2) is 6.61 Å². The van der Waals surface area contributed by atoms with Gasteiger partial charge in [-0.2, -0.15) is 5.26 Å². The van der Waals surface area contributed by atoms with E-state index in [4.69, 9.17) is 10.00 Å². The number of hydrogen-bond acceptors (Lipinski definition) is 4. The molecule has 4 nitrogen and oxygen atoms in total. The van der Waals surface area contributed by atoms with Crippen molar-refractivity contribution >= 4 is 5.69 Å². The van der Waals surface area contributed by atoms with Gasteiger partial charge in [-0.3, -0.25) is 0 Å². The molecule has 0 unspecified atom stereocenters. The maximum absolute atomic E-state index is 8.46. The van der Waals surface area contributed by atoms with Crippen LogP contribution < -0.4 is 15.4 Å². The third-order valence-corrected chi connectivity index (χ3v) is 2.85. The Morgan fingerprint density at radius 1 is 1.41 bits per heavy atom. The van der Waals surface area contributed by atoms with E-state index in [0.29, 0.717) is 6.04 Å². The molecule has 0 radical (unpaired) electrons. The van der Waals surface area contributed by atoms with E-state index in [-0.39, 0.29) is 6.61 Å². The minimum atomic E-state index is 0.0940. The maximum Gasteiger partial charge on any atom is 0.174 e. The number of ether oxygens (including phenoxy) is 1. The smallest absolute Gasteiger partial charge is 0.174 e. The van der Waals surface area contributed by atoms with Crippen LogP contribution in [0.2, 0.25) is 0 Å². The molecule has 0 atom stereocenters. The number of piperidine rings is 1. The van der Waals surface area contributed by atoms with Crippen LogP contribution in [0, 0.1) is 11.3 Å². The molecule has 1 aromatic carbocycles. The first-order valence-electron chi connectivity index (χ1n) is 5.95. The lowest BCUT2D eigenvalue weighted by Gasteiger charge is -2.24. The Hall–Kier alpha value is -1.73. The lowest BCUT2D eigenvalue weighted by Crippen LogP contribution is -2.35. The average molecular weight is 231 g/mol. The quantitative estimate of drug-likeness (QED) is 0.829. The number of benzene rings is 1. The summed E-state index contributed by atoms with van der Waals surface area (Å²) in [4.78, 5) is 0. The zero-order chi connectivity index (χ0) is 11.9. The summed E-state index contributed by atoms with van der Waals surface area (Å²) in [7, 11) is 0. The largest absolute Gasteiger partial charge is 0.479 e. The van der Waals surface area contributed by atoms with Crippen LogP contribution in [0.15, 0.2) is 24.3 Å². The number of nitriles is 1. The third kappa shape index (κ3) is 3.65. The van der Waals surface area contributed by atoms with Gasteiger partial charge >= 0.3 is 0 Å². The maximum atomic E-state index is 8.46. The van der Waals surface area contributed by atoms with Gasteiger partial charge in [-0.05, 0) is 38.1 Å². The highest BCUT2D eigenvalue weighted by atomic mass is 16.5. The molecular weight excluding hydrogens is 214 g/mol. The van der Waals surface area contributed by atoms with Crippen molar-refractivity contribution in [2.24, 2.45) is 0 Å².